The number of phenols is 5. The standard InChI is InChI=1S/C43H44O10/c1-23(2)7-12-30-35(46)17-15-31(43(30)53-6)42(50)39-32(28-13-10-26(44)21-37(28)48)19-24(3)20-33(39)40-36(47)18-14-29(41(40)49)34(45)16-9-25-8-11-27(51-4)22-38(25)52-5/h7-11,13-18,20-22,32-33,39,44,46-49H,12,19H2,1-6H3/b16-9+/t32-,33+,39-/m1/s1. The van der Waals surface area contributed by atoms with Gasteiger partial charge in [-0.1, -0.05) is 29.4 Å². The number of Topliss-reactive ketones (excluding diaryl/α,β-unsaturated/α-hetero) is 1. The summed E-state index contributed by atoms with van der Waals surface area (Å²) in [5.41, 5.74) is 3.13. The Balaban J connectivity index is 1.68. The van der Waals surface area contributed by atoms with Gasteiger partial charge in [-0.25, -0.2) is 0 Å². The molecule has 0 unspecified atom stereocenters. The van der Waals surface area contributed by atoms with Crippen molar-refractivity contribution in [3.63, 3.8) is 0 Å². The largest absolute Gasteiger partial charge is 0.508 e. The van der Waals surface area contributed by atoms with Crippen molar-refractivity contribution < 1.29 is 49.3 Å². The summed E-state index contributed by atoms with van der Waals surface area (Å²) in [6.45, 7) is 5.67. The Labute approximate surface area is 308 Å². The van der Waals surface area contributed by atoms with Gasteiger partial charge >= 0.3 is 0 Å². The van der Waals surface area contributed by atoms with Crippen molar-refractivity contribution >= 4 is 17.6 Å². The number of hydrogen-bond acceptors (Lipinski definition) is 10. The highest BCUT2D eigenvalue weighted by atomic mass is 16.5. The van der Waals surface area contributed by atoms with Crippen LogP contribution in [0.1, 0.15) is 82.0 Å². The molecule has 1 aliphatic rings. The minimum atomic E-state index is -1.08. The van der Waals surface area contributed by atoms with E-state index in [1.165, 1.54) is 75.9 Å². The van der Waals surface area contributed by atoms with Gasteiger partial charge in [0.25, 0.3) is 0 Å². The summed E-state index contributed by atoms with van der Waals surface area (Å²) in [5, 5.41) is 55.2. The van der Waals surface area contributed by atoms with Crippen LogP contribution in [0, 0.1) is 5.92 Å². The molecule has 0 radical (unpaired) electrons. The number of aromatic hydroxyl groups is 5. The molecule has 0 amide bonds. The van der Waals surface area contributed by atoms with Gasteiger partial charge < -0.3 is 39.7 Å². The first-order valence-electron chi connectivity index (χ1n) is 17.0. The number of carbonyl (C=O) groups excluding carboxylic acids is 2. The number of ether oxygens (including phenoxy) is 3. The highest BCUT2D eigenvalue weighted by molar-refractivity contribution is 6.09. The van der Waals surface area contributed by atoms with Crippen molar-refractivity contribution in [3.05, 3.63) is 123 Å². The maximum absolute atomic E-state index is 15.0. The molecule has 0 saturated heterocycles. The number of ketones is 2. The van der Waals surface area contributed by atoms with E-state index in [-0.39, 0.29) is 51.9 Å². The summed E-state index contributed by atoms with van der Waals surface area (Å²) >= 11 is 0. The Bertz CT molecular complexity index is 2140. The van der Waals surface area contributed by atoms with E-state index in [1.54, 1.807) is 24.3 Å². The molecule has 276 valence electrons. The Morgan fingerprint density at radius 1 is 0.811 bits per heavy atom. The molecule has 5 N–H and O–H groups in total. The molecule has 0 aromatic heterocycles. The number of hydrogen-bond donors (Lipinski definition) is 5. The summed E-state index contributed by atoms with van der Waals surface area (Å²) in [6.07, 6.45) is 7.08. The zero-order valence-electron chi connectivity index (χ0n) is 30.5. The number of methoxy groups -OCH3 is 3. The number of rotatable bonds is 12. The summed E-state index contributed by atoms with van der Waals surface area (Å²) < 4.78 is 16.5. The lowest BCUT2D eigenvalue weighted by Gasteiger charge is -2.37. The van der Waals surface area contributed by atoms with Gasteiger partial charge in [0.15, 0.2) is 11.6 Å². The first-order valence-corrected chi connectivity index (χ1v) is 17.0. The lowest BCUT2D eigenvalue weighted by molar-refractivity contribution is 0.0876. The third kappa shape index (κ3) is 7.86. The van der Waals surface area contributed by atoms with Crippen LogP contribution in [0.4, 0.5) is 0 Å². The minimum Gasteiger partial charge on any atom is -0.508 e. The number of benzene rings is 4. The monoisotopic (exact) mass is 720 g/mol. The molecule has 4 aromatic carbocycles. The van der Waals surface area contributed by atoms with Crippen molar-refractivity contribution in [1.29, 1.82) is 0 Å². The molecule has 0 aliphatic heterocycles. The lowest BCUT2D eigenvalue weighted by Crippen LogP contribution is -2.32. The number of carbonyl (C=O) groups is 2. The smallest absolute Gasteiger partial charge is 0.189 e. The van der Waals surface area contributed by atoms with E-state index in [9.17, 15) is 30.3 Å². The van der Waals surface area contributed by atoms with Crippen LogP contribution in [-0.2, 0) is 6.42 Å². The van der Waals surface area contributed by atoms with Crippen LogP contribution >= 0.6 is 0 Å². The van der Waals surface area contributed by atoms with Crippen molar-refractivity contribution in [2.24, 2.45) is 5.92 Å². The Morgan fingerprint density at radius 2 is 1.53 bits per heavy atom. The van der Waals surface area contributed by atoms with E-state index in [0.717, 1.165) is 11.1 Å². The molecule has 0 heterocycles. The summed E-state index contributed by atoms with van der Waals surface area (Å²) in [7, 11) is 4.43. The van der Waals surface area contributed by atoms with Gasteiger partial charge in [0.2, 0.25) is 0 Å². The molecule has 0 bridgehead atoms. The summed E-state index contributed by atoms with van der Waals surface area (Å²) in [6, 6.07) is 14.8. The SMILES string of the molecule is COc1ccc(/C=C/C(=O)c2ccc(O)c([C@H]3C=C(C)C[C@H](c4ccc(O)cc4O)[C@H]3C(=O)c3ccc(O)c(CC=C(C)C)c3OC)c2O)c(OC)c1. The quantitative estimate of drug-likeness (QED) is 0.0546. The molecule has 5 rings (SSSR count). The maximum atomic E-state index is 15.0. The highest BCUT2D eigenvalue weighted by Gasteiger charge is 2.44. The van der Waals surface area contributed by atoms with Gasteiger partial charge in [0.05, 0.1) is 32.5 Å². The number of phenolic OH excluding ortho intramolecular Hbond substituents is 5. The third-order valence-electron chi connectivity index (χ3n) is 9.61. The highest BCUT2D eigenvalue weighted by Crippen LogP contribution is 2.53. The van der Waals surface area contributed by atoms with Gasteiger partial charge in [0.1, 0.15) is 46.0 Å². The Kier molecular flexibility index (Phi) is 11.5. The van der Waals surface area contributed by atoms with E-state index >= 15 is 4.79 Å². The molecular formula is C43H44O10. The molecule has 0 fully saturated rings. The van der Waals surface area contributed by atoms with E-state index in [4.69, 9.17) is 14.2 Å². The second-order valence-electron chi connectivity index (χ2n) is 13.3. The van der Waals surface area contributed by atoms with Crippen LogP contribution in [0.3, 0.4) is 0 Å². The molecule has 0 saturated carbocycles. The van der Waals surface area contributed by atoms with Crippen LogP contribution in [-0.4, -0.2) is 58.4 Å². The molecule has 3 atom stereocenters. The summed E-state index contributed by atoms with van der Waals surface area (Å²) in [5.74, 6) is -3.94. The Hall–Kier alpha value is -6.16. The molecule has 4 aromatic rings. The van der Waals surface area contributed by atoms with Crippen molar-refractivity contribution in [1.82, 2.24) is 0 Å². The second kappa shape index (κ2) is 16.0. The fraction of sp³-hybridized carbons (Fsp3) is 0.256. The van der Waals surface area contributed by atoms with Crippen molar-refractivity contribution in [3.8, 4) is 46.0 Å². The van der Waals surface area contributed by atoms with Crippen molar-refractivity contribution in [2.75, 3.05) is 21.3 Å². The fourth-order valence-electron chi connectivity index (χ4n) is 7.02. The minimum absolute atomic E-state index is 0.0468. The maximum Gasteiger partial charge on any atom is 0.189 e. The van der Waals surface area contributed by atoms with Crippen LogP contribution in [0.5, 0.6) is 46.0 Å². The average molecular weight is 721 g/mol. The van der Waals surface area contributed by atoms with Crippen LogP contribution in [0.15, 0.2) is 90.0 Å². The van der Waals surface area contributed by atoms with Crippen LogP contribution < -0.4 is 14.2 Å². The molecule has 10 nitrogen and oxygen atoms in total. The van der Waals surface area contributed by atoms with E-state index in [2.05, 4.69) is 0 Å². The summed E-state index contributed by atoms with van der Waals surface area (Å²) in [4.78, 5) is 28.7. The normalized spacial score (nSPS) is 16.9. The van der Waals surface area contributed by atoms with Crippen LogP contribution in [0.2, 0.25) is 0 Å². The van der Waals surface area contributed by atoms with E-state index in [1.807, 2.05) is 26.8 Å². The topological polar surface area (TPSA) is 163 Å². The predicted octanol–water partition coefficient (Wildman–Crippen LogP) is 8.36. The van der Waals surface area contributed by atoms with Gasteiger partial charge in [-0.05, 0) is 93.8 Å². The molecule has 1 aliphatic carbocycles. The number of allylic oxidation sites excluding steroid dienone is 5. The molecule has 10 heteroatoms. The van der Waals surface area contributed by atoms with Gasteiger partial charge in [0, 0.05) is 46.6 Å². The molecule has 53 heavy (non-hydrogen) atoms. The zero-order chi connectivity index (χ0) is 38.6. The molecular weight excluding hydrogens is 676 g/mol. The van der Waals surface area contributed by atoms with Gasteiger partial charge in [-0.3, -0.25) is 9.59 Å². The average Bonchev–Trinajstić information content (AvgIpc) is 3.12. The van der Waals surface area contributed by atoms with Gasteiger partial charge in [-0.15, -0.1) is 0 Å². The predicted molar refractivity (Wildman–Crippen MR) is 202 cm³/mol. The van der Waals surface area contributed by atoms with Crippen molar-refractivity contribution in [2.45, 2.75) is 45.4 Å². The lowest BCUT2D eigenvalue weighted by atomic mass is 9.65. The fourth-order valence-corrected chi connectivity index (χ4v) is 7.02. The first kappa shape index (κ1) is 38.1. The second-order valence-corrected chi connectivity index (χ2v) is 13.3. The first-order chi connectivity index (χ1) is 25.3. The van der Waals surface area contributed by atoms with Crippen LogP contribution in [0.25, 0.3) is 6.08 Å². The molecule has 0 spiro atoms. The third-order valence-corrected chi connectivity index (χ3v) is 9.61. The van der Waals surface area contributed by atoms with Gasteiger partial charge in [-0.2, -0.15) is 0 Å². The zero-order valence-corrected chi connectivity index (χ0v) is 30.5. The Morgan fingerprint density at radius 3 is 2.19 bits per heavy atom. The van der Waals surface area contributed by atoms with E-state index < -0.39 is 35.1 Å². The van der Waals surface area contributed by atoms with E-state index in [0.29, 0.717) is 34.6 Å².